The molecule has 0 spiro atoms. The summed E-state index contributed by atoms with van der Waals surface area (Å²) in [4.78, 5) is 116. The van der Waals surface area contributed by atoms with Gasteiger partial charge in [0.15, 0.2) is 12.7 Å². The largest absolute Gasteiger partial charge is 0.484 e. The van der Waals surface area contributed by atoms with E-state index in [4.69, 9.17) is 9.47 Å². The van der Waals surface area contributed by atoms with E-state index in [-0.39, 0.29) is 56.1 Å². The van der Waals surface area contributed by atoms with Crippen molar-refractivity contribution >= 4 is 59.2 Å². The number of nitriles is 1. The number of aliphatic hydroxyl groups is 1. The van der Waals surface area contributed by atoms with Gasteiger partial charge < -0.3 is 39.0 Å². The summed E-state index contributed by atoms with van der Waals surface area (Å²) < 4.78 is 52.9. The summed E-state index contributed by atoms with van der Waals surface area (Å²) in [5, 5.41) is 19.3. The van der Waals surface area contributed by atoms with E-state index in [2.05, 4.69) is 0 Å². The fraction of sp³-hybridized carbons (Fsp3) is 0.553. The number of carbonyl (C=O) groups is 8. The Labute approximate surface area is 390 Å². The van der Waals surface area contributed by atoms with Gasteiger partial charge in [0.2, 0.25) is 11.8 Å². The molecule has 7 rings (SSSR count). The van der Waals surface area contributed by atoms with Gasteiger partial charge in [-0.2, -0.15) is 18.4 Å². The fourth-order valence-electron chi connectivity index (χ4n) is 9.81. The molecule has 7 amide bonds. The number of urea groups is 1. The highest BCUT2D eigenvalue weighted by Crippen LogP contribution is 2.40. The number of imide groups is 1. The quantitative estimate of drug-likeness (QED) is 0.193. The third-order valence-electron chi connectivity index (χ3n) is 13.3. The number of hydrogen-bond donors (Lipinski definition) is 1. The lowest BCUT2D eigenvalue weighted by molar-refractivity contribution is -0.173. The van der Waals surface area contributed by atoms with Crippen molar-refractivity contribution < 1.29 is 66.1 Å². The zero-order chi connectivity index (χ0) is 49.6. The molecule has 0 radical (unpaired) electrons. The first-order valence-electron chi connectivity index (χ1n) is 22.6. The summed E-state index contributed by atoms with van der Waals surface area (Å²) in [5.41, 5.74) is -4.56. The van der Waals surface area contributed by atoms with Gasteiger partial charge in [0.25, 0.3) is 17.7 Å². The van der Waals surface area contributed by atoms with Crippen LogP contribution < -0.4 is 14.5 Å². The lowest BCUT2D eigenvalue weighted by atomic mass is 9.87. The number of anilines is 2. The molecule has 5 heterocycles. The number of amides is 7. The highest BCUT2D eigenvalue weighted by atomic mass is 19.4. The van der Waals surface area contributed by atoms with Gasteiger partial charge in [-0.1, -0.05) is 20.8 Å². The third kappa shape index (κ3) is 9.34. The van der Waals surface area contributed by atoms with E-state index in [1.165, 1.54) is 63.8 Å². The summed E-state index contributed by atoms with van der Waals surface area (Å²) in [7, 11) is 0. The third-order valence-corrected chi connectivity index (χ3v) is 13.3. The van der Waals surface area contributed by atoms with E-state index in [0.717, 1.165) is 17.0 Å². The maximum atomic E-state index is 14.2. The summed E-state index contributed by atoms with van der Waals surface area (Å²) in [6.45, 7) is 8.14. The molecule has 6 atom stereocenters. The number of hydrogen-bond acceptors (Lipinski definition) is 12. The first-order chi connectivity index (χ1) is 32.0. The van der Waals surface area contributed by atoms with Crippen LogP contribution in [0, 0.1) is 16.7 Å². The van der Waals surface area contributed by atoms with E-state index in [9.17, 15) is 61.9 Å². The first kappa shape index (κ1) is 49.3. The van der Waals surface area contributed by atoms with Crippen LogP contribution in [0.25, 0.3) is 0 Å². The Bertz CT molecular complexity index is 2420. The van der Waals surface area contributed by atoms with Crippen molar-refractivity contribution in [2.45, 2.75) is 128 Å². The predicted molar refractivity (Wildman–Crippen MR) is 233 cm³/mol. The molecule has 0 saturated carbocycles. The van der Waals surface area contributed by atoms with Crippen LogP contribution in [-0.2, 0) is 44.5 Å². The zero-order valence-corrected chi connectivity index (χ0v) is 38.4. The summed E-state index contributed by atoms with van der Waals surface area (Å²) in [6.07, 6.45) is -4.05. The van der Waals surface area contributed by atoms with E-state index < -0.39 is 113 Å². The van der Waals surface area contributed by atoms with Crippen molar-refractivity contribution in [1.82, 2.24) is 19.6 Å². The molecule has 5 aliphatic heterocycles. The maximum absolute atomic E-state index is 14.2. The van der Waals surface area contributed by atoms with Crippen LogP contribution in [0.3, 0.4) is 0 Å². The first-order valence-corrected chi connectivity index (χ1v) is 22.6. The van der Waals surface area contributed by atoms with E-state index in [1.54, 1.807) is 20.8 Å². The smallest absolute Gasteiger partial charge is 0.417 e. The zero-order valence-electron chi connectivity index (χ0n) is 38.4. The molecule has 5 fully saturated rings. The standard InChI is InChI=1S/C47H54F3N7O11/c1-45(2,3)38(41(63)55-24-31(59)21-30(55)25-58)68-42(64)36-11-8-20-54(36)40(62)35-10-7-19-53(35)39(61)34-9-6-18-52(34)37(60)26-67-32-16-14-28(15-17-32)57-44(66)56(43(65)46(57,4)5)29-13-12-27(23-51)33(22-29)47(48,49)50/h12-17,22,25,30-31,34-36,38,59H,6-11,18-21,24,26H2,1-5H3/t30?,31-,34-,35?,36-,38+/m0/s1. The van der Waals surface area contributed by atoms with Crippen molar-refractivity contribution in [3.05, 3.63) is 53.6 Å². The van der Waals surface area contributed by atoms with Crippen LogP contribution in [0.1, 0.15) is 90.7 Å². The van der Waals surface area contributed by atoms with Crippen LogP contribution in [-0.4, -0.2) is 147 Å². The van der Waals surface area contributed by atoms with Crippen molar-refractivity contribution in [2.24, 2.45) is 5.41 Å². The Morgan fingerprint density at radius 3 is 1.99 bits per heavy atom. The molecule has 5 saturated heterocycles. The molecule has 1 N–H and O–H groups in total. The lowest BCUT2D eigenvalue weighted by Gasteiger charge is -2.36. The van der Waals surface area contributed by atoms with Gasteiger partial charge in [-0.3, -0.25) is 28.9 Å². The van der Waals surface area contributed by atoms with Gasteiger partial charge in [-0.15, -0.1) is 0 Å². The monoisotopic (exact) mass is 949 g/mol. The normalized spacial score (nSPS) is 24.4. The minimum absolute atomic E-state index is 0.0713. The maximum Gasteiger partial charge on any atom is 0.417 e. The number of β-amino-alcohol motifs (C(OH)–C–C–N with tert-alkyl or cyclic N) is 1. The molecule has 21 heteroatoms. The van der Waals surface area contributed by atoms with Crippen molar-refractivity contribution in [1.29, 1.82) is 5.26 Å². The number of likely N-dealkylation sites (tertiary alicyclic amines) is 4. The number of rotatable bonds is 11. The summed E-state index contributed by atoms with van der Waals surface area (Å²) in [6, 6.07) is 5.22. The minimum atomic E-state index is -4.92. The van der Waals surface area contributed by atoms with Gasteiger partial charge in [-0.05, 0) is 94.8 Å². The highest BCUT2D eigenvalue weighted by molar-refractivity contribution is 6.30. The Hall–Kier alpha value is -6.56. The number of nitrogens with zero attached hydrogens (tertiary/aromatic N) is 7. The Morgan fingerprint density at radius 1 is 0.853 bits per heavy atom. The Morgan fingerprint density at radius 2 is 1.41 bits per heavy atom. The number of aliphatic hydroxyl groups excluding tert-OH is 1. The fourth-order valence-corrected chi connectivity index (χ4v) is 9.81. The number of aldehydes is 1. The van der Waals surface area contributed by atoms with Gasteiger partial charge >= 0.3 is 18.2 Å². The molecule has 0 aliphatic carbocycles. The molecule has 18 nitrogen and oxygen atoms in total. The van der Waals surface area contributed by atoms with Gasteiger partial charge in [-0.25, -0.2) is 14.5 Å². The molecule has 2 aromatic rings. The number of halogens is 3. The van der Waals surface area contributed by atoms with Crippen LogP contribution in [0.5, 0.6) is 5.75 Å². The Balaban J connectivity index is 0.972. The van der Waals surface area contributed by atoms with Gasteiger partial charge in [0.1, 0.15) is 35.7 Å². The number of ether oxygens (including phenoxy) is 2. The molecular weight excluding hydrogens is 896 g/mol. The number of benzene rings is 2. The second-order valence-electron chi connectivity index (χ2n) is 19.3. The van der Waals surface area contributed by atoms with Crippen molar-refractivity contribution in [2.75, 3.05) is 42.6 Å². The van der Waals surface area contributed by atoms with E-state index in [1.807, 2.05) is 0 Å². The molecule has 364 valence electrons. The van der Waals surface area contributed by atoms with Crippen molar-refractivity contribution in [3.63, 3.8) is 0 Å². The van der Waals surface area contributed by atoms with Crippen LogP contribution in [0.15, 0.2) is 42.5 Å². The van der Waals surface area contributed by atoms with Crippen LogP contribution in [0.2, 0.25) is 0 Å². The average molecular weight is 950 g/mol. The molecule has 0 bridgehead atoms. The molecule has 2 unspecified atom stereocenters. The lowest BCUT2D eigenvalue weighted by Crippen LogP contribution is -2.56. The second kappa shape index (κ2) is 18.8. The topological polar surface area (TPSA) is 218 Å². The van der Waals surface area contributed by atoms with Gasteiger partial charge in [0.05, 0.1) is 35.0 Å². The number of alkyl halides is 3. The second-order valence-corrected chi connectivity index (χ2v) is 19.3. The van der Waals surface area contributed by atoms with Crippen molar-refractivity contribution in [3.8, 4) is 11.8 Å². The molecule has 5 aliphatic rings. The molecule has 2 aromatic carbocycles. The molecular formula is C47H54F3N7O11. The van der Waals surface area contributed by atoms with E-state index in [0.29, 0.717) is 49.4 Å². The predicted octanol–water partition coefficient (Wildman–Crippen LogP) is 3.80. The van der Waals surface area contributed by atoms with Crippen LogP contribution in [0.4, 0.5) is 29.3 Å². The molecule has 0 aromatic heterocycles. The highest BCUT2D eigenvalue weighted by Gasteiger charge is 2.54. The minimum Gasteiger partial charge on any atom is -0.484 e. The summed E-state index contributed by atoms with van der Waals surface area (Å²) >= 11 is 0. The van der Waals surface area contributed by atoms with Crippen LogP contribution >= 0.6 is 0 Å². The summed E-state index contributed by atoms with van der Waals surface area (Å²) in [5.74, 6) is -3.37. The number of carbonyl (C=O) groups excluding carboxylic acids is 8. The number of esters is 1. The van der Waals surface area contributed by atoms with Gasteiger partial charge in [0, 0.05) is 43.7 Å². The van der Waals surface area contributed by atoms with E-state index >= 15 is 0 Å². The Kier molecular flexibility index (Phi) is 13.7. The SMILES string of the molecule is CC(C)(C)[C@H](OC(=O)[C@@H]1CCCN1C(=O)C1CCCN1C(=O)[C@@H]1CCCN1C(=O)COc1ccc(N2C(=O)N(c3ccc(C#N)c(C(F)(F)F)c3)C(=O)C2(C)C)cc1)C(=O)N1C[C@@H](O)CC1C=O. The molecule has 68 heavy (non-hydrogen) atoms. The average Bonchev–Trinajstić information content (AvgIpc) is 4.15.